The molecule has 2 N–H and O–H groups in total. The number of benzene rings is 2. The highest BCUT2D eigenvalue weighted by Gasteiger charge is 2.45. The van der Waals surface area contributed by atoms with Gasteiger partial charge in [-0.05, 0) is 61.3 Å². The molecule has 0 aliphatic heterocycles. The van der Waals surface area contributed by atoms with Crippen LogP contribution in [0.1, 0.15) is 67.4 Å². The molecular weight excluding hydrogens is 452 g/mol. The molecule has 0 amide bonds. The van der Waals surface area contributed by atoms with Crippen LogP contribution < -0.4 is 5.69 Å². The Hall–Kier alpha value is -2.84. The number of hydrogen-bond donors (Lipinski definition) is 2. The highest BCUT2D eigenvalue weighted by atomic mass is 19.1. The number of ether oxygens (including phenoxy) is 1. The molecule has 0 radical (unpaired) electrons. The van der Waals surface area contributed by atoms with Crippen molar-refractivity contribution in [2.75, 3.05) is 13.2 Å². The lowest BCUT2D eigenvalue weighted by molar-refractivity contribution is -0.00536. The summed E-state index contributed by atoms with van der Waals surface area (Å²) >= 11 is 0. The van der Waals surface area contributed by atoms with E-state index in [2.05, 4.69) is 22.3 Å². The summed E-state index contributed by atoms with van der Waals surface area (Å²) in [6.45, 7) is 1.01. The number of aliphatic hydroxyl groups excluding tert-OH is 1. The minimum Gasteiger partial charge on any atom is -0.396 e. The molecule has 1 heterocycles. The fourth-order valence-electron chi connectivity index (χ4n) is 5.47. The molecule has 0 saturated heterocycles. The molecule has 8 heteroatoms. The van der Waals surface area contributed by atoms with E-state index in [9.17, 15) is 18.7 Å². The summed E-state index contributed by atoms with van der Waals surface area (Å²) in [5, 5.41) is 16.2. The zero-order valence-corrected chi connectivity index (χ0v) is 20.1. The molecule has 188 valence electrons. The van der Waals surface area contributed by atoms with E-state index in [1.165, 1.54) is 6.33 Å². The Morgan fingerprint density at radius 3 is 2.29 bits per heavy atom. The van der Waals surface area contributed by atoms with Gasteiger partial charge in [-0.3, -0.25) is 4.57 Å². The van der Waals surface area contributed by atoms with E-state index in [-0.39, 0.29) is 23.8 Å². The molecule has 1 fully saturated rings. The van der Waals surface area contributed by atoms with Crippen molar-refractivity contribution in [2.24, 2.45) is 0 Å². The molecule has 4 rings (SSSR count). The van der Waals surface area contributed by atoms with Crippen LogP contribution in [0.4, 0.5) is 8.78 Å². The van der Waals surface area contributed by atoms with Gasteiger partial charge in [-0.2, -0.15) is 5.10 Å². The third kappa shape index (κ3) is 5.23. The molecule has 0 bridgehead atoms. The van der Waals surface area contributed by atoms with Gasteiger partial charge >= 0.3 is 5.69 Å². The molecule has 1 aliphatic rings. The predicted octanol–water partition coefficient (Wildman–Crippen LogP) is 4.88. The van der Waals surface area contributed by atoms with Crippen LogP contribution >= 0.6 is 0 Å². The Bertz CT molecular complexity index is 1130. The van der Waals surface area contributed by atoms with Crippen molar-refractivity contribution >= 4 is 0 Å². The monoisotopic (exact) mass is 485 g/mol. The third-order valence-corrected chi connectivity index (χ3v) is 7.63. The number of nitrogens with zero attached hydrogens (tertiary/aromatic N) is 2. The SMILES string of the molecule is C[C@@H](OC[C@]1(c2ccccc2)CC[C@@](CCO)(n2cn[nH]c2=O)CC1)c1cc(CF)cc(CF)c1. The largest absolute Gasteiger partial charge is 0.396 e. The number of rotatable bonds is 10. The first-order valence-electron chi connectivity index (χ1n) is 12.1. The Morgan fingerprint density at radius 1 is 1.09 bits per heavy atom. The second-order valence-electron chi connectivity index (χ2n) is 9.68. The van der Waals surface area contributed by atoms with Gasteiger partial charge in [0, 0.05) is 12.0 Å². The Labute approximate surface area is 204 Å². The van der Waals surface area contributed by atoms with Crippen molar-refractivity contribution in [3.05, 3.63) is 87.6 Å². The van der Waals surface area contributed by atoms with E-state index in [0.717, 1.165) is 24.0 Å². The lowest BCUT2D eigenvalue weighted by Crippen LogP contribution is -2.48. The molecule has 6 nitrogen and oxygen atoms in total. The van der Waals surface area contributed by atoms with Gasteiger partial charge in [-0.25, -0.2) is 18.7 Å². The smallest absolute Gasteiger partial charge is 0.343 e. The van der Waals surface area contributed by atoms with E-state index in [4.69, 9.17) is 4.74 Å². The van der Waals surface area contributed by atoms with Gasteiger partial charge in [0.1, 0.15) is 19.7 Å². The summed E-state index contributed by atoms with van der Waals surface area (Å²) < 4.78 is 34.6. The molecule has 1 atom stereocenters. The number of hydrogen-bond acceptors (Lipinski definition) is 4. The summed E-state index contributed by atoms with van der Waals surface area (Å²) in [4.78, 5) is 12.4. The zero-order chi connectivity index (χ0) is 24.9. The fourth-order valence-corrected chi connectivity index (χ4v) is 5.47. The Balaban J connectivity index is 1.59. The van der Waals surface area contributed by atoms with Crippen LogP contribution in [0.3, 0.4) is 0 Å². The summed E-state index contributed by atoms with van der Waals surface area (Å²) in [5.41, 5.74) is 1.74. The van der Waals surface area contributed by atoms with Crippen LogP contribution in [0.2, 0.25) is 0 Å². The molecule has 1 aromatic heterocycles. The number of aromatic nitrogens is 3. The maximum atomic E-state index is 13.3. The minimum atomic E-state index is -0.651. The van der Waals surface area contributed by atoms with Crippen molar-refractivity contribution in [3.63, 3.8) is 0 Å². The number of aliphatic hydroxyl groups is 1. The average Bonchev–Trinajstić information content (AvgIpc) is 3.35. The second kappa shape index (κ2) is 10.8. The van der Waals surface area contributed by atoms with E-state index >= 15 is 0 Å². The molecule has 1 aliphatic carbocycles. The molecule has 1 saturated carbocycles. The number of halogens is 2. The molecule has 0 spiro atoms. The van der Waals surface area contributed by atoms with E-state index in [0.29, 0.717) is 37.0 Å². The number of aromatic amines is 1. The lowest BCUT2D eigenvalue weighted by Gasteiger charge is -2.47. The van der Waals surface area contributed by atoms with Gasteiger partial charge < -0.3 is 9.84 Å². The van der Waals surface area contributed by atoms with Gasteiger partial charge in [0.25, 0.3) is 0 Å². The topological polar surface area (TPSA) is 80.1 Å². The molecule has 35 heavy (non-hydrogen) atoms. The first kappa shape index (κ1) is 25.3. The standard InChI is InChI=1S/C27H33F2N3O3/c1-20(23-14-21(16-28)13-22(15-23)17-29)35-18-26(24-5-3-2-4-6-24)7-9-27(10-8-26,11-12-33)32-19-30-31-25(32)34/h2-6,13-15,19-20,33H,7-12,16-18H2,1H3,(H,31,34)/t20-,26-,27+/m1/s1. The fraction of sp³-hybridized carbons (Fsp3) is 0.481. The molecule has 0 unspecified atom stereocenters. The Morgan fingerprint density at radius 2 is 1.74 bits per heavy atom. The highest BCUT2D eigenvalue weighted by Crippen LogP contribution is 2.48. The third-order valence-electron chi connectivity index (χ3n) is 7.63. The van der Waals surface area contributed by atoms with Crippen LogP contribution in [-0.4, -0.2) is 33.1 Å². The van der Waals surface area contributed by atoms with E-state index in [1.54, 1.807) is 22.8 Å². The molecular formula is C27H33F2N3O3. The summed E-state index contributed by atoms with van der Waals surface area (Å²) in [7, 11) is 0. The molecule has 2 aromatic carbocycles. The lowest BCUT2D eigenvalue weighted by atomic mass is 9.63. The summed E-state index contributed by atoms with van der Waals surface area (Å²) in [6, 6.07) is 15.2. The predicted molar refractivity (Wildman–Crippen MR) is 130 cm³/mol. The van der Waals surface area contributed by atoms with Crippen molar-refractivity contribution in [2.45, 2.75) is 69.4 Å². The number of nitrogens with one attached hydrogen (secondary N) is 1. The second-order valence-corrected chi connectivity index (χ2v) is 9.68. The van der Waals surface area contributed by atoms with E-state index < -0.39 is 18.9 Å². The first-order valence-corrected chi connectivity index (χ1v) is 12.1. The molecule has 3 aromatic rings. The Kier molecular flexibility index (Phi) is 7.82. The van der Waals surface area contributed by atoms with Crippen molar-refractivity contribution < 1.29 is 18.6 Å². The quantitative estimate of drug-likeness (QED) is 0.429. The number of H-pyrrole nitrogens is 1. The van der Waals surface area contributed by atoms with Crippen LogP contribution in [0.5, 0.6) is 0 Å². The van der Waals surface area contributed by atoms with Crippen molar-refractivity contribution in [1.82, 2.24) is 14.8 Å². The zero-order valence-electron chi connectivity index (χ0n) is 20.1. The average molecular weight is 486 g/mol. The van der Waals surface area contributed by atoms with Crippen molar-refractivity contribution in [1.29, 1.82) is 0 Å². The van der Waals surface area contributed by atoms with Crippen molar-refractivity contribution in [3.8, 4) is 0 Å². The summed E-state index contributed by atoms with van der Waals surface area (Å²) in [6.07, 6.45) is 4.52. The van der Waals surface area contributed by atoms with Gasteiger partial charge in [-0.1, -0.05) is 48.5 Å². The normalized spacial score (nSPS) is 23.3. The highest BCUT2D eigenvalue weighted by molar-refractivity contribution is 5.31. The van der Waals surface area contributed by atoms with Crippen LogP contribution in [0, 0.1) is 0 Å². The van der Waals surface area contributed by atoms with Gasteiger partial charge in [0.2, 0.25) is 0 Å². The van der Waals surface area contributed by atoms with Crippen LogP contribution in [0.25, 0.3) is 0 Å². The summed E-state index contributed by atoms with van der Waals surface area (Å²) in [5.74, 6) is 0. The van der Waals surface area contributed by atoms with Crippen LogP contribution in [-0.2, 0) is 29.0 Å². The van der Waals surface area contributed by atoms with E-state index in [1.807, 2.05) is 25.1 Å². The maximum Gasteiger partial charge on any atom is 0.343 e. The van der Waals surface area contributed by atoms with Gasteiger partial charge in [-0.15, -0.1) is 0 Å². The van der Waals surface area contributed by atoms with Crippen LogP contribution in [0.15, 0.2) is 59.7 Å². The van der Waals surface area contributed by atoms with Gasteiger partial charge in [0.05, 0.1) is 18.2 Å². The van der Waals surface area contributed by atoms with Gasteiger partial charge in [0.15, 0.2) is 0 Å². The maximum absolute atomic E-state index is 13.3. The minimum absolute atomic E-state index is 0.0225. The first-order chi connectivity index (χ1) is 16.9. The number of alkyl halides is 2.